The van der Waals surface area contributed by atoms with Crippen molar-refractivity contribution >= 4 is 45.6 Å². The summed E-state index contributed by atoms with van der Waals surface area (Å²) in [6, 6.07) is 40.9. The molecule has 0 aliphatic heterocycles. The molecule has 0 atom stereocenters. The Labute approximate surface area is 183 Å². The van der Waals surface area contributed by atoms with Crippen molar-refractivity contribution in [3.63, 3.8) is 0 Å². The Balaban J connectivity index is 1.67. The average molecular weight is 390 g/mol. The molecule has 0 aromatic heterocycles. The van der Waals surface area contributed by atoms with Crippen LogP contribution in [0.5, 0.6) is 0 Å². The molecule has 2 radical (unpaired) electrons. The van der Waals surface area contributed by atoms with Gasteiger partial charge in [0.15, 0.2) is 0 Å². The molecule has 0 saturated heterocycles. The third-order valence-electron chi connectivity index (χ3n) is 6.23. The summed E-state index contributed by atoms with van der Waals surface area (Å²) in [5.74, 6) is 0. The highest BCUT2D eigenvalue weighted by Gasteiger charge is 2.13. The molecule has 0 spiro atoms. The van der Waals surface area contributed by atoms with Crippen LogP contribution in [-0.2, 0) is 0 Å². The molecule has 0 aliphatic rings. The van der Waals surface area contributed by atoms with Gasteiger partial charge in [-0.1, -0.05) is 115 Å². The Hall–Kier alpha value is -3.84. The van der Waals surface area contributed by atoms with Crippen LogP contribution in [0.15, 0.2) is 115 Å². The van der Waals surface area contributed by atoms with E-state index >= 15 is 0 Å². The quantitative estimate of drug-likeness (QED) is 0.215. The SMILES string of the molecule is [B]c1c2ccccc2c(-c2cccc(-c3cccc4ccccc34)c2)c2ccccc12. The van der Waals surface area contributed by atoms with E-state index in [0.29, 0.717) is 0 Å². The van der Waals surface area contributed by atoms with Crippen molar-refractivity contribution in [1.82, 2.24) is 0 Å². The second kappa shape index (κ2) is 7.14. The molecule has 0 aliphatic carbocycles. The summed E-state index contributed by atoms with van der Waals surface area (Å²) in [6.45, 7) is 0. The zero-order chi connectivity index (χ0) is 20.8. The van der Waals surface area contributed by atoms with Crippen molar-refractivity contribution in [2.75, 3.05) is 0 Å². The molecule has 0 bridgehead atoms. The molecule has 0 saturated carbocycles. The van der Waals surface area contributed by atoms with E-state index in [1.807, 2.05) is 0 Å². The predicted molar refractivity (Wildman–Crippen MR) is 135 cm³/mol. The van der Waals surface area contributed by atoms with Crippen LogP contribution >= 0.6 is 0 Å². The molecular weight excluding hydrogens is 371 g/mol. The summed E-state index contributed by atoms with van der Waals surface area (Å²) < 4.78 is 0. The van der Waals surface area contributed by atoms with E-state index in [9.17, 15) is 0 Å². The lowest BCUT2D eigenvalue weighted by atomic mass is 9.81. The number of rotatable bonds is 2. The highest BCUT2D eigenvalue weighted by atomic mass is 14.2. The Morgan fingerprint density at radius 1 is 0.419 bits per heavy atom. The van der Waals surface area contributed by atoms with Gasteiger partial charge in [0.2, 0.25) is 0 Å². The van der Waals surface area contributed by atoms with Gasteiger partial charge in [-0.3, -0.25) is 0 Å². The Bertz CT molecular complexity index is 1530. The Morgan fingerprint density at radius 2 is 0.935 bits per heavy atom. The van der Waals surface area contributed by atoms with Gasteiger partial charge >= 0.3 is 0 Å². The first-order valence-electron chi connectivity index (χ1n) is 10.6. The second-order valence-corrected chi connectivity index (χ2v) is 7.99. The van der Waals surface area contributed by atoms with E-state index in [2.05, 4.69) is 115 Å². The summed E-state index contributed by atoms with van der Waals surface area (Å²) in [6.07, 6.45) is 0. The highest BCUT2D eigenvalue weighted by molar-refractivity contribution is 6.46. The van der Waals surface area contributed by atoms with E-state index in [-0.39, 0.29) is 0 Å². The number of hydrogen-bond acceptors (Lipinski definition) is 0. The van der Waals surface area contributed by atoms with Crippen LogP contribution < -0.4 is 5.46 Å². The molecule has 142 valence electrons. The molecule has 0 unspecified atom stereocenters. The summed E-state index contributed by atoms with van der Waals surface area (Å²) >= 11 is 0. The Morgan fingerprint density at radius 3 is 1.65 bits per heavy atom. The van der Waals surface area contributed by atoms with E-state index in [4.69, 9.17) is 7.85 Å². The van der Waals surface area contributed by atoms with E-state index < -0.39 is 0 Å². The second-order valence-electron chi connectivity index (χ2n) is 7.99. The lowest BCUT2D eigenvalue weighted by molar-refractivity contribution is 1.64. The standard InChI is InChI=1S/C30H19B/c31-30-27-16-5-3-14-25(27)29(26-15-4-6-17-28(26)30)22-12-7-11-21(19-22)24-18-8-10-20-9-1-2-13-23(20)24/h1-19H. The first kappa shape index (κ1) is 18.0. The van der Waals surface area contributed by atoms with Crippen LogP contribution in [0, 0.1) is 0 Å². The van der Waals surface area contributed by atoms with Gasteiger partial charge in [0.05, 0.1) is 0 Å². The highest BCUT2D eigenvalue weighted by Crippen LogP contribution is 2.37. The zero-order valence-electron chi connectivity index (χ0n) is 17.0. The van der Waals surface area contributed by atoms with Gasteiger partial charge in [0.1, 0.15) is 7.85 Å². The zero-order valence-corrected chi connectivity index (χ0v) is 17.0. The molecule has 6 aromatic carbocycles. The van der Waals surface area contributed by atoms with Crippen LogP contribution in [0.1, 0.15) is 0 Å². The fourth-order valence-electron chi connectivity index (χ4n) is 4.79. The molecule has 31 heavy (non-hydrogen) atoms. The minimum absolute atomic E-state index is 0.847. The number of fused-ring (bicyclic) bond motifs is 3. The Kier molecular flexibility index (Phi) is 4.14. The van der Waals surface area contributed by atoms with Crippen molar-refractivity contribution in [3.8, 4) is 22.3 Å². The van der Waals surface area contributed by atoms with E-state index in [1.165, 1.54) is 43.8 Å². The average Bonchev–Trinajstić information content (AvgIpc) is 2.84. The molecule has 0 N–H and O–H groups in total. The number of benzene rings is 6. The van der Waals surface area contributed by atoms with Crippen LogP contribution in [0.25, 0.3) is 54.6 Å². The summed E-state index contributed by atoms with van der Waals surface area (Å²) in [7, 11) is 6.58. The van der Waals surface area contributed by atoms with Gasteiger partial charge < -0.3 is 0 Å². The van der Waals surface area contributed by atoms with E-state index in [0.717, 1.165) is 16.2 Å². The van der Waals surface area contributed by atoms with E-state index in [1.54, 1.807) is 0 Å². The fourth-order valence-corrected chi connectivity index (χ4v) is 4.79. The molecule has 1 heteroatoms. The van der Waals surface area contributed by atoms with Gasteiger partial charge in [-0.05, 0) is 60.6 Å². The minimum atomic E-state index is 0.847. The van der Waals surface area contributed by atoms with Gasteiger partial charge in [-0.2, -0.15) is 0 Å². The van der Waals surface area contributed by atoms with Crippen LogP contribution in [0.4, 0.5) is 0 Å². The maximum atomic E-state index is 6.58. The first-order valence-corrected chi connectivity index (χ1v) is 10.6. The molecule has 0 nitrogen and oxygen atoms in total. The minimum Gasteiger partial charge on any atom is -0.0812 e. The molecule has 0 amide bonds. The maximum Gasteiger partial charge on any atom is 0.115 e. The fraction of sp³-hybridized carbons (Fsp3) is 0. The molecule has 6 aromatic rings. The van der Waals surface area contributed by atoms with Gasteiger partial charge in [0.25, 0.3) is 0 Å². The normalized spacial score (nSPS) is 11.4. The molecule has 6 rings (SSSR count). The van der Waals surface area contributed by atoms with Crippen molar-refractivity contribution < 1.29 is 0 Å². The van der Waals surface area contributed by atoms with Crippen molar-refractivity contribution in [2.24, 2.45) is 0 Å². The monoisotopic (exact) mass is 390 g/mol. The number of hydrogen-bond donors (Lipinski definition) is 0. The summed E-state index contributed by atoms with van der Waals surface area (Å²) in [5, 5.41) is 7.11. The molecular formula is C30H19B. The van der Waals surface area contributed by atoms with Crippen molar-refractivity contribution in [3.05, 3.63) is 115 Å². The third-order valence-corrected chi connectivity index (χ3v) is 6.23. The molecule has 0 fully saturated rings. The third kappa shape index (κ3) is 2.85. The lowest BCUT2D eigenvalue weighted by Gasteiger charge is -2.16. The van der Waals surface area contributed by atoms with Crippen LogP contribution in [-0.4, -0.2) is 7.85 Å². The first-order chi connectivity index (χ1) is 15.3. The van der Waals surface area contributed by atoms with Gasteiger partial charge in [0, 0.05) is 0 Å². The smallest absolute Gasteiger partial charge is 0.0812 e. The maximum absolute atomic E-state index is 6.58. The predicted octanol–water partition coefficient (Wildman–Crippen LogP) is 7.27. The summed E-state index contributed by atoms with van der Waals surface area (Å²) in [4.78, 5) is 0. The van der Waals surface area contributed by atoms with Crippen LogP contribution in [0.2, 0.25) is 0 Å². The molecule has 0 heterocycles. The van der Waals surface area contributed by atoms with Crippen molar-refractivity contribution in [1.29, 1.82) is 0 Å². The van der Waals surface area contributed by atoms with Gasteiger partial charge in [-0.25, -0.2) is 0 Å². The lowest BCUT2D eigenvalue weighted by Crippen LogP contribution is -2.07. The topological polar surface area (TPSA) is 0 Å². The largest absolute Gasteiger partial charge is 0.115 e. The van der Waals surface area contributed by atoms with Crippen molar-refractivity contribution in [2.45, 2.75) is 0 Å². The summed E-state index contributed by atoms with van der Waals surface area (Å²) in [5.41, 5.74) is 5.77. The van der Waals surface area contributed by atoms with Gasteiger partial charge in [-0.15, -0.1) is 0 Å². The van der Waals surface area contributed by atoms with Crippen LogP contribution in [0.3, 0.4) is 0 Å².